The van der Waals surface area contributed by atoms with Crippen LogP contribution in [0.2, 0.25) is 0 Å². The molecule has 1 aromatic heterocycles. The lowest BCUT2D eigenvalue weighted by atomic mass is 10.1. The van der Waals surface area contributed by atoms with Crippen molar-refractivity contribution in [1.29, 1.82) is 0 Å². The average molecular weight is 216 g/mol. The van der Waals surface area contributed by atoms with Crippen LogP contribution in [-0.2, 0) is 0 Å². The second-order valence-electron chi connectivity index (χ2n) is 3.41. The van der Waals surface area contributed by atoms with Gasteiger partial charge in [-0.05, 0) is 6.92 Å². The number of benzene rings is 1. The Hall–Kier alpha value is -2.10. The van der Waals surface area contributed by atoms with E-state index in [0.29, 0.717) is 16.1 Å². The summed E-state index contributed by atoms with van der Waals surface area (Å²) in [6, 6.07) is 9.56. The Bertz CT molecular complexity index is 475. The van der Waals surface area contributed by atoms with E-state index in [0.717, 1.165) is 5.56 Å². The Morgan fingerprint density at radius 3 is 2.50 bits per heavy atom. The van der Waals surface area contributed by atoms with Crippen molar-refractivity contribution < 1.29 is 9.47 Å². The molecule has 0 aliphatic rings. The molecule has 0 aliphatic heterocycles. The maximum atomic E-state index is 11.6. The first-order valence-electron chi connectivity index (χ1n) is 4.92. The summed E-state index contributed by atoms with van der Waals surface area (Å²) in [5, 5.41) is 11.6. The first kappa shape index (κ1) is 10.4. The van der Waals surface area contributed by atoms with Gasteiger partial charge in [0.1, 0.15) is 5.69 Å². The van der Waals surface area contributed by atoms with E-state index >= 15 is 0 Å². The number of methoxy groups -OCH3 is 1. The summed E-state index contributed by atoms with van der Waals surface area (Å²) in [4.78, 5) is 4.33. The molecule has 0 unspecified atom stereocenters. The number of hydrogen-bond donors (Lipinski definition) is 0. The lowest BCUT2D eigenvalue weighted by Gasteiger charge is -2.07. The molecule has 0 saturated carbocycles. The van der Waals surface area contributed by atoms with E-state index in [4.69, 9.17) is 4.74 Å². The fourth-order valence-electron chi connectivity index (χ4n) is 1.57. The van der Waals surface area contributed by atoms with Gasteiger partial charge in [-0.15, -0.1) is 4.73 Å². The van der Waals surface area contributed by atoms with E-state index in [9.17, 15) is 5.21 Å². The predicted molar refractivity (Wildman–Crippen MR) is 59.9 cm³/mol. The molecular weight excluding hydrogens is 204 g/mol. The zero-order valence-corrected chi connectivity index (χ0v) is 9.18. The molecule has 0 N–H and O–H groups in total. The first-order valence-corrected chi connectivity index (χ1v) is 4.92. The summed E-state index contributed by atoms with van der Waals surface area (Å²) in [6.45, 7) is 1.75. The normalized spacial score (nSPS) is 10.1. The molecule has 0 fully saturated rings. The Balaban J connectivity index is 2.53. The average Bonchev–Trinajstić information content (AvgIpc) is 2.30. The van der Waals surface area contributed by atoms with Crippen molar-refractivity contribution in [2.24, 2.45) is 0 Å². The monoisotopic (exact) mass is 216 g/mol. The van der Waals surface area contributed by atoms with Crippen LogP contribution in [-0.4, -0.2) is 12.1 Å². The van der Waals surface area contributed by atoms with E-state index in [1.54, 1.807) is 6.92 Å². The zero-order valence-electron chi connectivity index (χ0n) is 9.18. The number of ether oxygens (including phenoxy) is 1. The molecule has 4 heteroatoms. The molecule has 1 aromatic carbocycles. The van der Waals surface area contributed by atoms with Crippen LogP contribution in [0, 0.1) is 12.1 Å². The number of aryl methyl sites for hydroxylation is 1. The quantitative estimate of drug-likeness (QED) is 0.567. The smallest absolute Gasteiger partial charge is 0.401 e. The lowest BCUT2D eigenvalue weighted by Crippen LogP contribution is -2.30. The predicted octanol–water partition coefficient (Wildman–Crippen LogP) is 1.70. The minimum Gasteiger partial charge on any atom is -0.616 e. The molecule has 2 aromatic rings. The molecule has 0 spiro atoms. The summed E-state index contributed by atoms with van der Waals surface area (Å²) in [5.41, 5.74) is 2.14. The highest BCUT2D eigenvalue weighted by molar-refractivity contribution is 5.57. The maximum absolute atomic E-state index is 11.6. The van der Waals surface area contributed by atoms with Crippen molar-refractivity contribution >= 4 is 0 Å². The van der Waals surface area contributed by atoms with Gasteiger partial charge in [-0.3, -0.25) is 0 Å². The van der Waals surface area contributed by atoms with Crippen LogP contribution >= 0.6 is 0 Å². The SMILES string of the molecule is COc1c(C)nc(-c2ccccc2)c[n+]1[O-]. The van der Waals surface area contributed by atoms with Crippen LogP contribution in [0.15, 0.2) is 36.5 Å². The largest absolute Gasteiger partial charge is 0.616 e. The van der Waals surface area contributed by atoms with E-state index in [2.05, 4.69) is 4.98 Å². The van der Waals surface area contributed by atoms with E-state index < -0.39 is 0 Å². The van der Waals surface area contributed by atoms with Crippen LogP contribution in [0.25, 0.3) is 11.3 Å². The summed E-state index contributed by atoms with van der Waals surface area (Å²) in [7, 11) is 1.46. The summed E-state index contributed by atoms with van der Waals surface area (Å²) in [5.74, 6) is 0.236. The molecule has 0 radical (unpaired) electrons. The second kappa shape index (κ2) is 4.18. The Labute approximate surface area is 93.7 Å². The molecule has 16 heavy (non-hydrogen) atoms. The molecule has 0 bridgehead atoms. The van der Waals surface area contributed by atoms with Crippen molar-refractivity contribution in [1.82, 2.24) is 4.98 Å². The molecule has 0 aliphatic carbocycles. The zero-order chi connectivity index (χ0) is 11.5. The number of aromatic nitrogens is 2. The summed E-state index contributed by atoms with van der Waals surface area (Å²) < 4.78 is 5.65. The Kier molecular flexibility index (Phi) is 2.72. The third-order valence-electron chi connectivity index (χ3n) is 2.30. The molecule has 82 valence electrons. The van der Waals surface area contributed by atoms with Gasteiger partial charge in [0.15, 0.2) is 5.69 Å². The molecule has 1 heterocycles. The molecule has 0 saturated heterocycles. The molecule has 0 amide bonds. The first-order chi connectivity index (χ1) is 7.72. The van der Waals surface area contributed by atoms with Gasteiger partial charge in [-0.2, -0.15) is 0 Å². The number of nitrogens with zero attached hydrogens (tertiary/aromatic N) is 2. The van der Waals surface area contributed by atoms with Gasteiger partial charge >= 0.3 is 5.88 Å². The molecule has 4 nitrogen and oxygen atoms in total. The van der Waals surface area contributed by atoms with Crippen LogP contribution in [0.1, 0.15) is 5.69 Å². The van der Waals surface area contributed by atoms with Crippen LogP contribution in [0.5, 0.6) is 5.88 Å². The van der Waals surface area contributed by atoms with Gasteiger partial charge in [0.05, 0.1) is 7.11 Å². The lowest BCUT2D eigenvalue weighted by molar-refractivity contribution is -0.612. The summed E-state index contributed by atoms with van der Waals surface area (Å²) >= 11 is 0. The van der Waals surface area contributed by atoms with E-state index in [-0.39, 0.29) is 5.88 Å². The van der Waals surface area contributed by atoms with Gasteiger partial charge in [0.25, 0.3) is 0 Å². The maximum Gasteiger partial charge on any atom is 0.401 e. The van der Waals surface area contributed by atoms with Crippen LogP contribution in [0.4, 0.5) is 0 Å². The fourth-order valence-corrected chi connectivity index (χ4v) is 1.57. The van der Waals surface area contributed by atoms with Crippen molar-refractivity contribution in [3.05, 3.63) is 47.4 Å². The van der Waals surface area contributed by atoms with E-state index in [1.165, 1.54) is 13.3 Å². The highest BCUT2D eigenvalue weighted by Crippen LogP contribution is 2.18. The fraction of sp³-hybridized carbons (Fsp3) is 0.167. The van der Waals surface area contributed by atoms with E-state index in [1.807, 2.05) is 30.3 Å². The number of hydrogen-bond acceptors (Lipinski definition) is 3. The van der Waals surface area contributed by atoms with Gasteiger partial charge in [-0.1, -0.05) is 30.3 Å². The standard InChI is InChI=1S/C12H12N2O2/c1-9-12(16-2)14(15)8-11(13-9)10-6-4-3-5-7-10/h3-8H,1-2H3. The number of rotatable bonds is 2. The van der Waals surface area contributed by atoms with Crippen molar-refractivity contribution in [3.8, 4) is 17.1 Å². The van der Waals surface area contributed by atoms with Gasteiger partial charge < -0.3 is 9.94 Å². The third kappa shape index (κ3) is 1.82. The molecule has 2 rings (SSSR count). The third-order valence-corrected chi connectivity index (χ3v) is 2.30. The summed E-state index contributed by atoms with van der Waals surface area (Å²) in [6.07, 6.45) is 1.42. The minimum atomic E-state index is 0.236. The highest BCUT2D eigenvalue weighted by Gasteiger charge is 2.14. The van der Waals surface area contributed by atoms with Gasteiger partial charge in [0.2, 0.25) is 6.20 Å². The molecular formula is C12H12N2O2. The molecule has 0 atom stereocenters. The van der Waals surface area contributed by atoms with Crippen LogP contribution in [0.3, 0.4) is 0 Å². The topological polar surface area (TPSA) is 49.1 Å². The highest BCUT2D eigenvalue weighted by atomic mass is 16.5. The van der Waals surface area contributed by atoms with Crippen molar-refractivity contribution in [3.63, 3.8) is 0 Å². The van der Waals surface area contributed by atoms with Gasteiger partial charge in [-0.25, -0.2) is 4.98 Å². The second-order valence-corrected chi connectivity index (χ2v) is 3.41. The van der Waals surface area contributed by atoms with Crippen LogP contribution < -0.4 is 9.47 Å². The van der Waals surface area contributed by atoms with Crippen molar-refractivity contribution in [2.75, 3.05) is 7.11 Å². The Morgan fingerprint density at radius 1 is 1.25 bits per heavy atom. The Morgan fingerprint density at radius 2 is 1.94 bits per heavy atom. The van der Waals surface area contributed by atoms with Gasteiger partial charge in [0, 0.05) is 5.56 Å². The van der Waals surface area contributed by atoms with Crippen molar-refractivity contribution in [2.45, 2.75) is 6.92 Å². The minimum absolute atomic E-state index is 0.236.